The summed E-state index contributed by atoms with van der Waals surface area (Å²) in [4.78, 5) is 23.6. The van der Waals surface area contributed by atoms with E-state index in [-0.39, 0.29) is 12.3 Å². The highest BCUT2D eigenvalue weighted by Crippen LogP contribution is 2.32. The first-order valence-corrected chi connectivity index (χ1v) is 7.95. The molecule has 2 N–H and O–H groups in total. The third kappa shape index (κ3) is 4.62. The third-order valence-electron chi connectivity index (χ3n) is 3.47. The van der Waals surface area contributed by atoms with Crippen LogP contribution in [0.25, 0.3) is 0 Å². The summed E-state index contributed by atoms with van der Waals surface area (Å²) in [7, 11) is 0. The van der Waals surface area contributed by atoms with E-state index in [2.05, 4.69) is 10.6 Å². The molecule has 2 aromatic carbocycles. The predicted molar refractivity (Wildman–Crippen MR) is 91.0 cm³/mol. The highest BCUT2D eigenvalue weighted by Gasteiger charge is 2.13. The van der Waals surface area contributed by atoms with Gasteiger partial charge in [-0.1, -0.05) is 12.1 Å². The van der Waals surface area contributed by atoms with Gasteiger partial charge in [0.15, 0.2) is 29.7 Å². The molecule has 0 fully saturated rings. The first-order valence-electron chi connectivity index (χ1n) is 7.95. The Morgan fingerprint density at radius 1 is 1.04 bits per heavy atom. The zero-order valence-corrected chi connectivity index (χ0v) is 13.8. The van der Waals surface area contributed by atoms with Crippen LogP contribution in [0.1, 0.15) is 0 Å². The van der Waals surface area contributed by atoms with Crippen molar-refractivity contribution in [2.75, 3.05) is 31.7 Å². The lowest BCUT2D eigenvalue weighted by Crippen LogP contribution is -2.35. The Bertz CT molecular complexity index is 812. The van der Waals surface area contributed by atoms with E-state index >= 15 is 0 Å². The molecule has 0 bridgehead atoms. The Morgan fingerprint density at radius 3 is 2.62 bits per heavy atom. The van der Waals surface area contributed by atoms with Crippen LogP contribution in [0, 0.1) is 5.82 Å². The summed E-state index contributed by atoms with van der Waals surface area (Å²) >= 11 is 0. The number of ether oxygens (including phenoxy) is 3. The van der Waals surface area contributed by atoms with Gasteiger partial charge in [-0.3, -0.25) is 9.59 Å². The third-order valence-corrected chi connectivity index (χ3v) is 3.47. The number of hydrogen-bond acceptors (Lipinski definition) is 5. The smallest absolute Gasteiger partial charge is 0.258 e. The lowest BCUT2D eigenvalue weighted by Gasteiger charge is -2.19. The van der Waals surface area contributed by atoms with Gasteiger partial charge in [-0.25, -0.2) is 4.39 Å². The molecule has 2 amide bonds. The van der Waals surface area contributed by atoms with Crippen LogP contribution in [-0.2, 0) is 9.59 Å². The molecule has 1 aliphatic heterocycles. The maximum Gasteiger partial charge on any atom is 0.258 e. The van der Waals surface area contributed by atoms with Crippen LogP contribution in [0.3, 0.4) is 0 Å². The SMILES string of the molecule is O=C(COc1ccccc1F)NCC(=O)Nc1ccc2c(c1)OCCO2. The summed E-state index contributed by atoms with van der Waals surface area (Å²) in [5.74, 6) is -0.365. The number of nitrogens with one attached hydrogen (secondary N) is 2. The summed E-state index contributed by atoms with van der Waals surface area (Å²) in [6.07, 6.45) is 0. The van der Waals surface area contributed by atoms with Gasteiger partial charge in [0.25, 0.3) is 5.91 Å². The summed E-state index contributed by atoms with van der Waals surface area (Å²) in [6.45, 7) is 0.300. The van der Waals surface area contributed by atoms with Crippen LogP contribution >= 0.6 is 0 Å². The van der Waals surface area contributed by atoms with Crippen molar-refractivity contribution in [3.05, 3.63) is 48.3 Å². The average molecular weight is 360 g/mol. The maximum atomic E-state index is 13.4. The van der Waals surface area contributed by atoms with Crippen LogP contribution in [-0.4, -0.2) is 38.2 Å². The quantitative estimate of drug-likeness (QED) is 0.819. The lowest BCUT2D eigenvalue weighted by atomic mass is 10.2. The Labute approximate surface area is 149 Å². The summed E-state index contributed by atoms with van der Waals surface area (Å²) in [5, 5.41) is 5.04. The molecule has 26 heavy (non-hydrogen) atoms. The average Bonchev–Trinajstić information content (AvgIpc) is 2.65. The number of carbonyl (C=O) groups is 2. The van der Waals surface area contributed by atoms with Gasteiger partial charge in [0.1, 0.15) is 13.2 Å². The standard InChI is InChI=1S/C18H17FN2O5/c19-13-3-1-2-4-14(13)26-11-18(23)20-10-17(22)21-12-5-6-15-16(9-12)25-8-7-24-15/h1-6,9H,7-8,10-11H2,(H,20,23)(H,21,22). The second kappa shape index (κ2) is 8.19. The van der Waals surface area contributed by atoms with Crippen molar-refractivity contribution in [1.29, 1.82) is 0 Å². The molecule has 1 aliphatic rings. The number of carbonyl (C=O) groups excluding carboxylic acids is 2. The van der Waals surface area contributed by atoms with Crippen molar-refractivity contribution in [3.63, 3.8) is 0 Å². The van der Waals surface area contributed by atoms with Crippen LogP contribution in [0.5, 0.6) is 17.2 Å². The van der Waals surface area contributed by atoms with Crippen molar-refractivity contribution < 1.29 is 28.2 Å². The summed E-state index contributed by atoms with van der Waals surface area (Å²) in [6, 6.07) is 10.8. The minimum Gasteiger partial charge on any atom is -0.486 e. The molecule has 0 aliphatic carbocycles. The molecule has 0 saturated carbocycles. The molecular formula is C18H17FN2O5. The van der Waals surface area contributed by atoms with E-state index < -0.39 is 24.2 Å². The number of halogens is 1. The number of amides is 2. The first kappa shape index (κ1) is 17.5. The fourth-order valence-corrected chi connectivity index (χ4v) is 2.26. The minimum absolute atomic E-state index is 0.0246. The van der Waals surface area contributed by atoms with Crippen molar-refractivity contribution in [2.24, 2.45) is 0 Å². The molecule has 0 saturated heterocycles. The van der Waals surface area contributed by atoms with Crippen molar-refractivity contribution in [3.8, 4) is 17.2 Å². The summed E-state index contributed by atoms with van der Waals surface area (Å²) in [5.41, 5.74) is 0.524. The van der Waals surface area contributed by atoms with Gasteiger partial charge in [0, 0.05) is 11.8 Å². The topological polar surface area (TPSA) is 85.9 Å². The Hall–Kier alpha value is -3.29. The minimum atomic E-state index is -0.559. The number of hydrogen-bond donors (Lipinski definition) is 2. The normalized spacial score (nSPS) is 12.2. The number of rotatable bonds is 6. The van der Waals surface area contributed by atoms with Gasteiger partial charge in [-0.05, 0) is 24.3 Å². The molecule has 0 aromatic heterocycles. The molecule has 0 unspecified atom stereocenters. The van der Waals surface area contributed by atoms with E-state index in [1.165, 1.54) is 18.2 Å². The number of para-hydroxylation sites is 1. The van der Waals surface area contributed by atoms with Crippen LogP contribution in [0.2, 0.25) is 0 Å². The predicted octanol–water partition coefficient (Wildman–Crippen LogP) is 1.73. The molecule has 7 nitrogen and oxygen atoms in total. The molecular weight excluding hydrogens is 343 g/mol. The van der Waals surface area contributed by atoms with Gasteiger partial charge < -0.3 is 24.8 Å². The lowest BCUT2D eigenvalue weighted by molar-refractivity contribution is -0.125. The van der Waals surface area contributed by atoms with E-state index in [1.807, 2.05) is 0 Å². The maximum absolute atomic E-state index is 13.4. The van der Waals surface area contributed by atoms with Crippen LogP contribution in [0.4, 0.5) is 10.1 Å². The molecule has 136 valence electrons. The Kier molecular flexibility index (Phi) is 5.52. The van der Waals surface area contributed by atoms with Gasteiger partial charge in [-0.2, -0.15) is 0 Å². The van der Waals surface area contributed by atoms with Crippen molar-refractivity contribution in [2.45, 2.75) is 0 Å². The first-order chi connectivity index (χ1) is 12.6. The Balaban J connectivity index is 1.43. The zero-order valence-electron chi connectivity index (χ0n) is 13.8. The van der Waals surface area contributed by atoms with Crippen molar-refractivity contribution >= 4 is 17.5 Å². The Morgan fingerprint density at radius 2 is 1.81 bits per heavy atom. The van der Waals surface area contributed by atoms with Crippen molar-refractivity contribution in [1.82, 2.24) is 5.32 Å². The van der Waals surface area contributed by atoms with Gasteiger partial charge in [0.05, 0.1) is 6.54 Å². The van der Waals surface area contributed by atoms with Gasteiger partial charge in [0.2, 0.25) is 5.91 Å². The second-order valence-corrected chi connectivity index (χ2v) is 5.40. The number of benzene rings is 2. The van der Waals surface area contributed by atoms with E-state index in [0.717, 1.165) is 0 Å². The molecule has 8 heteroatoms. The molecule has 1 heterocycles. The van der Waals surface area contributed by atoms with E-state index in [1.54, 1.807) is 24.3 Å². The van der Waals surface area contributed by atoms with E-state index in [9.17, 15) is 14.0 Å². The fourth-order valence-electron chi connectivity index (χ4n) is 2.26. The fraction of sp³-hybridized carbons (Fsp3) is 0.222. The molecule has 0 atom stereocenters. The second-order valence-electron chi connectivity index (χ2n) is 5.40. The number of fused-ring (bicyclic) bond motifs is 1. The molecule has 0 radical (unpaired) electrons. The molecule has 2 aromatic rings. The van der Waals surface area contributed by atoms with Gasteiger partial charge in [-0.15, -0.1) is 0 Å². The monoisotopic (exact) mass is 360 g/mol. The van der Waals surface area contributed by atoms with E-state index in [0.29, 0.717) is 30.4 Å². The van der Waals surface area contributed by atoms with Crippen LogP contribution < -0.4 is 24.8 Å². The zero-order chi connectivity index (χ0) is 18.4. The summed E-state index contributed by atoms with van der Waals surface area (Å²) < 4.78 is 29.3. The highest BCUT2D eigenvalue weighted by molar-refractivity contribution is 5.94. The number of anilines is 1. The van der Waals surface area contributed by atoms with Crippen LogP contribution in [0.15, 0.2) is 42.5 Å². The molecule has 3 rings (SSSR count). The largest absolute Gasteiger partial charge is 0.486 e. The molecule has 0 spiro atoms. The van der Waals surface area contributed by atoms with E-state index in [4.69, 9.17) is 14.2 Å². The highest BCUT2D eigenvalue weighted by atomic mass is 19.1. The van der Waals surface area contributed by atoms with Gasteiger partial charge >= 0.3 is 0 Å².